The Kier molecular flexibility index (Phi) is 6.01. The monoisotopic (exact) mass is 306 g/mol. The molecular weight excluding hydrogens is 284 g/mol. The van der Waals surface area contributed by atoms with Crippen LogP contribution in [-0.2, 0) is 0 Å². The van der Waals surface area contributed by atoms with Crippen LogP contribution in [0.25, 0.3) is 0 Å². The fourth-order valence-electron chi connectivity index (χ4n) is 2.35. The Labute approximate surface area is 123 Å². The SMILES string of the molecule is CCNC(C)c1c(F)cccc1N(CC(F)(F)F)C(C)C. The molecule has 1 aromatic rings. The highest BCUT2D eigenvalue weighted by molar-refractivity contribution is 5.56. The third-order valence-electron chi connectivity index (χ3n) is 3.26. The summed E-state index contributed by atoms with van der Waals surface area (Å²) < 4.78 is 52.5. The summed E-state index contributed by atoms with van der Waals surface area (Å²) in [7, 11) is 0. The van der Waals surface area contributed by atoms with Crippen LogP contribution in [0.4, 0.5) is 23.2 Å². The Hall–Kier alpha value is -1.30. The fourth-order valence-corrected chi connectivity index (χ4v) is 2.35. The van der Waals surface area contributed by atoms with Gasteiger partial charge in [0.25, 0.3) is 0 Å². The van der Waals surface area contributed by atoms with E-state index in [4.69, 9.17) is 0 Å². The van der Waals surface area contributed by atoms with Gasteiger partial charge < -0.3 is 10.2 Å². The van der Waals surface area contributed by atoms with Crippen LogP contribution in [0.5, 0.6) is 0 Å². The molecule has 0 heterocycles. The summed E-state index contributed by atoms with van der Waals surface area (Å²) in [5, 5.41) is 3.05. The van der Waals surface area contributed by atoms with Crippen LogP contribution in [0.1, 0.15) is 39.3 Å². The van der Waals surface area contributed by atoms with Gasteiger partial charge in [0.1, 0.15) is 12.4 Å². The molecule has 0 aromatic heterocycles. The van der Waals surface area contributed by atoms with E-state index in [1.807, 2.05) is 6.92 Å². The summed E-state index contributed by atoms with van der Waals surface area (Å²) >= 11 is 0. The number of halogens is 4. The average molecular weight is 306 g/mol. The summed E-state index contributed by atoms with van der Waals surface area (Å²) in [6.07, 6.45) is -4.34. The van der Waals surface area contributed by atoms with E-state index < -0.39 is 18.5 Å². The molecule has 120 valence electrons. The highest BCUT2D eigenvalue weighted by Crippen LogP contribution is 2.32. The molecule has 0 bridgehead atoms. The largest absolute Gasteiger partial charge is 0.405 e. The van der Waals surface area contributed by atoms with Crippen molar-refractivity contribution in [3.05, 3.63) is 29.6 Å². The quantitative estimate of drug-likeness (QED) is 0.789. The minimum atomic E-state index is -4.34. The van der Waals surface area contributed by atoms with Crippen molar-refractivity contribution in [2.24, 2.45) is 0 Å². The van der Waals surface area contributed by atoms with Gasteiger partial charge in [-0.15, -0.1) is 0 Å². The van der Waals surface area contributed by atoms with Gasteiger partial charge in [-0.25, -0.2) is 4.39 Å². The third kappa shape index (κ3) is 4.88. The van der Waals surface area contributed by atoms with E-state index >= 15 is 0 Å². The molecule has 0 saturated carbocycles. The van der Waals surface area contributed by atoms with Crippen molar-refractivity contribution in [1.82, 2.24) is 5.32 Å². The molecule has 0 spiro atoms. The number of alkyl halides is 3. The molecular formula is C15H22F4N2. The molecule has 6 heteroatoms. The van der Waals surface area contributed by atoms with E-state index in [0.29, 0.717) is 6.54 Å². The van der Waals surface area contributed by atoms with Crippen LogP contribution in [0, 0.1) is 5.82 Å². The lowest BCUT2D eigenvalue weighted by atomic mass is 10.0. The van der Waals surface area contributed by atoms with E-state index in [1.165, 1.54) is 23.1 Å². The number of anilines is 1. The lowest BCUT2D eigenvalue weighted by Gasteiger charge is -2.33. The van der Waals surface area contributed by atoms with Gasteiger partial charge >= 0.3 is 6.18 Å². The standard InChI is InChI=1S/C15H22F4N2/c1-5-20-11(4)14-12(16)7-6-8-13(14)21(10(2)3)9-15(17,18)19/h6-8,10-11,20H,5,9H2,1-4H3. The van der Waals surface area contributed by atoms with Crippen molar-refractivity contribution in [2.45, 2.75) is 46.0 Å². The molecule has 0 saturated heterocycles. The Morgan fingerprint density at radius 1 is 1.19 bits per heavy atom. The normalized spacial score (nSPS) is 13.6. The molecule has 1 N–H and O–H groups in total. The van der Waals surface area contributed by atoms with Gasteiger partial charge in [0.2, 0.25) is 0 Å². The van der Waals surface area contributed by atoms with Crippen molar-refractivity contribution >= 4 is 5.69 Å². The first-order valence-corrected chi connectivity index (χ1v) is 7.02. The molecule has 0 amide bonds. The van der Waals surface area contributed by atoms with E-state index in [0.717, 1.165) is 0 Å². The van der Waals surface area contributed by atoms with Gasteiger partial charge in [-0.05, 0) is 39.4 Å². The molecule has 0 fully saturated rings. The van der Waals surface area contributed by atoms with Gasteiger partial charge in [-0.1, -0.05) is 13.0 Å². The maximum atomic E-state index is 14.1. The van der Waals surface area contributed by atoms with Crippen molar-refractivity contribution in [3.8, 4) is 0 Å². The minimum Gasteiger partial charge on any atom is -0.360 e. The molecule has 1 rings (SSSR count). The zero-order valence-corrected chi connectivity index (χ0v) is 12.8. The van der Waals surface area contributed by atoms with Crippen LogP contribution >= 0.6 is 0 Å². The van der Waals surface area contributed by atoms with Crippen LogP contribution in [0.2, 0.25) is 0 Å². The summed E-state index contributed by atoms with van der Waals surface area (Å²) in [6, 6.07) is 3.51. The molecule has 0 radical (unpaired) electrons. The van der Waals surface area contributed by atoms with Crippen LogP contribution < -0.4 is 10.2 Å². The first-order chi connectivity index (χ1) is 9.67. The lowest BCUT2D eigenvalue weighted by Crippen LogP contribution is -2.40. The highest BCUT2D eigenvalue weighted by atomic mass is 19.4. The molecule has 2 nitrogen and oxygen atoms in total. The Bertz CT molecular complexity index is 457. The topological polar surface area (TPSA) is 15.3 Å². The number of hydrogen-bond acceptors (Lipinski definition) is 2. The zero-order chi connectivity index (χ0) is 16.2. The van der Waals surface area contributed by atoms with E-state index in [-0.39, 0.29) is 23.3 Å². The van der Waals surface area contributed by atoms with Crippen molar-refractivity contribution < 1.29 is 17.6 Å². The maximum absolute atomic E-state index is 14.1. The summed E-state index contributed by atoms with van der Waals surface area (Å²) in [5.74, 6) is -0.492. The van der Waals surface area contributed by atoms with Crippen molar-refractivity contribution in [1.29, 1.82) is 0 Å². The second kappa shape index (κ2) is 7.11. The molecule has 1 atom stereocenters. The van der Waals surface area contributed by atoms with Crippen molar-refractivity contribution in [2.75, 3.05) is 18.0 Å². The fraction of sp³-hybridized carbons (Fsp3) is 0.600. The average Bonchev–Trinajstić information content (AvgIpc) is 2.34. The van der Waals surface area contributed by atoms with E-state index in [9.17, 15) is 17.6 Å². The number of rotatable bonds is 6. The predicted molar refractivity (Wildman–Crippen MR) is 77.0 cm³/mol. The van der Waals surface area contributed by atoms with Gasteiger partial charge in [0, 0.05) is 23.3 Å². The summed E-state index contributed by atoms with van der Waals surface area (Å²) in [4.78, 5) is 1.19. The molecule has 0 aliphatic heterocycles. The number of nitrogens with one attached hydrogen (secondary N) is 1. The van der Waals surface area contributed by atoms with E-state index in [2.05, 4.69) is 5.32 Å². The van der Waals surface area contributed by atoms with E-state index in [1.54, 1.807) is 20.8 Å². The van der Waals surface area contributed by atoms with Gasteiger partial charge in [0.05, 0.1) is 0 Å². The second-order valence-electron chi connectivity index (χ2n) is 5.29. The van der Waals surface area contributed by atoms with Crippen LogP contribution in [0.3, 0.4) is 0 Å². The van der Waals surface area contributed by atoms with Gasteiger partial charge in [-0.2, -0.15) is 13.2 Å². The first-order valence-electron chi connectivity index (χ1n) is 7.02. The molecule has 1 aromatic carbocycles. The molecule has 21 heavy (non-hydrogen) atoms. The predicted octanol–water partition coefficient (Wildman–Crippen LogP) is 4.27. The van der Waals surface area contributed by atoms with Crippen molar-refractivity contribution in [3.63, 3.8) is 0 Å². The Morgan fingerprint density at radius 3 is 2.29 bits per heavy atom. The zero-order valence-electron chi connectivity index (χ0n) is 12.8. The lowest BCUT2D eigenvalue weighted by molar-refractivity contribution is -0.120. The number of nitrogens with zero attached hydrogens (tertiary/aromatic N) is 1. The molecule has 1 unspecified atom stereocenters. The summed E-state index contributed by atoms with van der Waals surface area (Å²) in [5.41, 5.74) is 0.563. The minimum absolute atomic E-state index is 0.275. The van der Waals surface area contributed by atoms with Gasteiger partial charge in [-0.3, -0.25) is 0 Å². The van der Waals surface area contributed by atoms with Crippen LogP contribution in [0.15, 0.2) is 18.2 Å². The Morgan fingerprint density at radius 2 is 1.81 bits per heavy atom. The third-order valence-corrected chi connectivity index (χ3v) is 3.26. The molecule has 0 aliphatic rings. The second-order valence-corrected chi connectivity index (χ2v) is 5.29. The smallest absolute Gasteiger partial charge is 0.360 e. The summed E-state index contributed by atoms with van der Waals surface area (Å²) in [6.45, 7) is 6.46. The number of hydrogen-bond donors (Lipinski definition) is 1. The maximum Gasteiger partial charge on any atom is 0.405 e. The van der Waals surface area contributed by atoms with Gasteiger partial charge in [0.15, 0.2) is 0 Å². The van der Waals surface area contributed by atoms with Crippen LogP contribution in [-0.4, -0.2) is 25.3 Å². The Balaban J connectivity index is 3.28. The highest BCUT2D eigenvalue weighted by Gasteiger charge is 2.33. The molecule has 0 aliphatic carbocycles. The first kappa shape index (κ1) is 17.8. The number of benzene rings is 1.